The molecule has 24 heavy (non-hydrogen) atoms. The second-order valence-corrected chi connectivity index (χ2v) is 7.00. The molecule has 0 bridgehead atoms. The van der Waals surface area contributed by atoms with Gasteiger partial charge in [0.2, 0.25) is 0 Å². The molecule has 2 aliphatic heterocycles. The Morgan fingerprint density at radius 3 is 2.88 bits per heavy atom. The third-order valence-electron chi connectivity index (χ3n) is 5.19. The molecule has 2 fully saturated rings. The van der Waals surface area contributed by atoms with Gasteiger partial charge in [-0.3, -0.25) is 4.79 Å². The molecule has 0 saturated carbocycles. The number of aliphatic hydroxyl groups is 1. The maximum Gasteiger partial charge on any atom is 0.251 e. The van der Waals surface area contributed by atoms with Crippen LogP contribution in [0.25, 0.3) is 0 Å². The average Bonchev–Trinajstić information content (AvgIpc) is 2.64. The Bertz CT molecular complexity index is 535. The van der Waals surface area contributed by atoms with E-state index in [9.17, 15) is 9.90 Å². The number of hydrogen-bond donors (Lipinski definition) is 3. The number of hydrogen-bond acceptors (Lipinski definition) is 4. The number of amides is 1. The summed E-state index contributed by atoms with van der Waals surface area (Å²) in [5.41, 5.74) is 2.02. The zero-order valence-corrected chi connectivity index (χ0v) is 14.3. The molecule has 1 unspecified atom stereocenters. The third-order valence-corrected chi connectivity index (χ3v) is 5.19. The Hall–Kier alpha value is -1.43. The third kappa shape index (κ3) is 4.79. The summed E-state index contributed by atoms with van der Waals surface area (Å²) in [6, 6.07) is 8.06. The van der Waals surface area contributed by atoms with Gasteiger partial charge in [-0.15, -0.1) is 0 Å². The Morgan fingerprint density at radius 2 is 2.12 bits per heavy atom. The van der Waals surface area contributed by atoms with Gasteiger partial charge in [0, 0.05) is 38.3 Å². The van der Waals surface area contributed by atoms with Crippen LogP contribution in [0.2, 0.25) is 0 Å². The minimum Gasteiger partial charge on any atom is -0.393 e. The molecule has 3 N–H and O–H groups in total. The molecule has 0 aromatic heterocycles. The Morgan fingerprint density at radius 1 is 1.29 bits per heavy atom. The van der Waals surface area contributed by atoms with Crippen LogP contribution in [0.4, 0.5) is 0 Å². The van der Waals surface area contributed by atoms with E-state index in [-0.39, 0.29) is 12.0 Å². The van der Waals surface area contributed by atoms with E-state index >= 15 is 0 Å². The van der Waals surface area contributed by atoms with Crippen molar-refractivity contribution in [3.8, 4) is 0 Å². The lowest BCUT2D eigenvalue weighted by Crippen LogP contribution is -2.40. The van der Waals surface area contributed by atoms with Crippen molar-refractivity contribution in [3.63, 3.8) is 0 Å². The summed E-state index contributed by atoms with van der Waals surface area (Å²) >= 11 is 0. The normalized spacial score (nSPS) is 23.1. The Labute approximate surface area is 144 Å². The van der Waals surface area contributed by atoms with Gasteiger partial charge < -0.3 is 20.6 Å². The van der Waals surface area contributed by atoms with Crippen LogP contribution >= 0.6 is 0 Å². The van der Waals surface area contributed by atoms with Crippen molar-refractivity contribution < 1.29 is 9.90 Å². The van der Waals surface area contributed by atoms with Gasteiger partial charge in [-0.05, 0) is 55.8 Å². The summed E-state index contributed by atoms with van der Waals surface area (Å²) in [6.07, 6.45) is 3.93. The van der Waals surface area contributed by atoms with E-state index < -0.39 is 0 Å². The molecule has 2 aliphatic rings. The van der Waals surface area contributed by atoms with Gasteiger partial charge >= 0.3 is 0 Å². The first-order valence-electron chi connectivity index (χ1n) is 9.21. The van der Waals surface area contributed by atoms with Crippen molar-refractivity contribution in [1.82, 2.24) is 15.5 Å². The first-order chi connectivity index (χ1) is 11.7. The van der Waals surface area contributed by atoms with Gasteiger partial charge in [0.25, 0.3) is 5.91 Å². The second kappa shape index (κ2) is 8.60. The van der Waals surface area contributed by atoms with Crippen molar-refractivity contribution in [1.29, 1.82) is 0 Å². The van der Waals surface area contributed by atoms with Gasteiger partial charge in [0.15, 0.2) is 0 Å². The number of piperidine rings is 2. The van der Waals surface area contributed by atoms with Gasteiger partial charge in [0.1, 0.15) is 0 Å². The first-order valence-corrected chi connectivity index (χ1v) is 9.21. The maximum absolute atomic E-state index is 12.4. The smallest absolute Gasteiger partial charge is 0.251 e. The van der Waals surface area contributed by atoms with Gasteiger partial charge in [-0.25, -0.2) is 0 Å². The molecule has 132 valence electrons. The van der Waals surface area contributed by atoms with Gasteiger partial charge in [0.05, 0.1) is 6.10 Å². The van der Waals surface area contributed by atoms with Crippen LogP contribution in [-0.4, -0.2) is 61.3 Å². The molecule has 2 heterocycles. The van der Waals surface area contributed by atoms with Crippen molar-refractivity contribution in [2.24, 2.45) is 0 Å². The van der Waals surface area contributed by atoms with Crippen molar-refractivity contribution in [2.45, 2.75) is 37.7 Å². The van der Waals surface area contributed by atoms with E-state index in [1.54, 1.807) is 0 Å². The molecule has 0 radical (unpaired) electrons. The predicted molar refractivity (Wildman–Crippen MR) is 95.3 cm³/mol. The SMILES string of the molecule is O=C(NCCN1CCC(O)CC1)c1cccc(C2CCCNC2)c1. The number of rotatable bonds is 5. The quantitative estimate of drug-likeness (QED) is 0.762. The highest BCUT2D eigenvalue weighted by Gasteiger charge is 2.18. The topological polar surface area (TPSA) is 64.6 Å². The van der Waals surface area contributed by atoms with Crippen molar-refractivity contribution >= 4 is 5.91 Å². The maximum atomic E-state index is 12.4. The molecule has 0 aliphatic carbocycles. The summed E-state index contributed by atoms with van der Waals surface area (Å²) in [5, 5.41) is 16.0. The summed E-state index contributed by atoms with van der Waals surface area (Å²) in [4.78, 5) is 14.7. The number of nitrogens with zero attached hydrogens (tertiary/aromatic N) is 1. The minimum absolute atomic E-state index is 0.0117. The van der Waals surface area contributed by atoms with E-state index in [1.807, 2.05) is 18.2 Å². The molecule has 5 heteroatoms. The molecule has 1 aromatic rings. The number of nitrogens with one attached hydrogen (secondary N) is 2. The first kappa shape index (κ1) is 17.4. The summed E-state index contributed by atoms with van der Waals surface area (Å²) in [5.74, 6) is 0.531. The molecule has 2 saturated heterocycles. The highest BCUT2D eigenvalue weighted by Crippen LogP contribution is 2.23. The van der Waals surface area contributed by atoms with E-state index in [0.717, 1.165) is 51.1 Å². The van der Waals surface area contributed by atoms with Crippen LogP contribution in [0.5, 0.6) is 0 Å². The van der Waals surface area contributed by atoms with E-state index in [1.165, 1.54) is 18.4 Å². The lowest BCUT2D eigenvalue weighted by molar-refractivity contribution is 0.0804. The van der Waals surface area contributed by atoms with Crippen molar-refractivity contribution in [2.75, 3.05) is 39.3 Å². The van der Waals surface area contributed by atoms with E-state index in [0.29, 0.717) is 12.5 Å². The molecule has 5 nitrogen and oxygen atoms in total. The number of aliphatic hydroxyl groups excluding tert-OH is 1. The Balaban J connectivity index is 1.48. The number of carbonyl (C=O) groups is 1. The van der Waals surface area contributed by atoms with Crippen LogP contribution in [0.1, 0.15) is 47.5 Å². The Kier molecular flexibility index (Phi) is 6.24. The largest absolute Gasteiger partial charge is 0.393 e. The van der Waals surface area contributed by atoms with Gasteiger partial charge in [-0.1, -0.05) is 12.1 Å². The molecular formula is C19H29N3O2. The van der Waals surface area contributed by atoms with Crippen molar-refractivity contribution in [3.05, 3.63) is 35.4 Å². The van der Waals surface area contributed by atoms with E-state index in [2.05, 4.69) is 21.6 Å². The van der Waals surface area contributed by atoms with Crippen LogP contribution in [0, 0.1) is 0 Å². The summed E-state index contributed by atoms with van der Waals surface area (Å²) in [6.45, 7) is 5.45. The molecule has 0 spiro atoms. The van der Waals surface area contributed by atoms with Crippen LogP contribution in [0.3, 0.4) is 0 Å². The fourth-order valence-electron chi connectivity index (χ4n) is 3.64. The average molecular weight is 331 g/mol. The van der Waals surface area contributed by atoms with Gasteiger partial charge in [-0.2, -0.15) is 0 Å². The standard InChI is InChI=1S/C19H29N3O2/c23-18-6-10-22(11-7-18)12-9-21-19(24)16-4-1-3-15(13-16)17-5-2-8-20-14-17/h1,3-4,13,17-18,20,23H,2,5-12,14H2,(H,21,24). The zero-order chi connectivity index (χ0) is 16.8. The zero-order valence-electron chi connectivity index (χ0n) is 14.3. The molecule has 1 amide bonds. The fraction of sp³-hybridized carbons (Fsp3) is 0.632. The van der Waals surface area contributed by atoms with Crippen LogP contribution in [-0.2, 0) is 0 Å². The summed E-state index contributed by atoms with van der Waals surface area (Å²) in [7, 11) is 0. The number of carbonyl (C=O) groups excluding carboxylic acids is 1. The lowest BCUT2D eigenvalue weighted by Gasteiger charge is -2.29. The lowest BCUT2D eigenvalue weighted by atomic mass is 9.90. The van der Waals surface area contributed by atoms with Crippen LogP contribution in [0.15, 0.2) is 24.3 Å². The summed E-state index contributed by atoms with van der Waals surface area (Å²) < 4.78 is 0. The minimum atomic E-state index is -0.146. The highest BCUT2D eigenvalue weighted by molar-refractivity contribution is 5.94. The molecule has 1 aromatic carbocycles. The monoisotopic (exact) mass is 331 g/mol. The second-order valence-electron chi connectivity index (χ2n) is 7.00. The van der Waals surface area contributed by atoms with Crippen LogP contribution < -0.4 is 10.6 Å². The number of likely N-dealkylation sites (tertiary alicyclic amines) is 1. The molecule has 1 atom stereocenters. The highest BCUT2D eigenvalue weighted by atomic mass is 16.3. The predicted octanol–water partition coefficient (Wildman–Crippen LogP) is 1.34. The fourth-order valence-corrected chi connectivity index (χ4v) is 3.64. The number of benzene rings is 1. The molecule has 3 rings (SSSR count). The molecular weight excluding hydrogens is 302 g/mol. The van der Waals surface area contributed by atoms with E-state index in [4.69, 9.17) is 0 Å².